The smallest absolute Gasteiger partial charge is 0.309 e. The Morgan fingerprint density at radius 2 is 1.89 bits per heavy atom. The molecule has 7 nitrogen and oxygen atoms in total. The van der Waals surface area contributed by atoms with Gasteiger partial charge in [-0.3, -0.25) is 4.79 Å². The van der Waals surface area contributed by atoms with Crippen LogP contribution in [0.4, 0.5) is 0 Å². The van der Waals surface area contributed by atoms with Crippen molar-refractivity contribution in [3.05, 3.63) is 24.3 Å². The van der Waals surface area contributed by atoms with E-state index in [1.165, 1.54) is 4.31 Å². The maximum Gasteiger partial charge on any atom is 0.309 e. The molecule has 0 amide bonds. The summed E-state index contributed by atoms with van der Waals surface area (Å²) in [6, 6.07) is 6.43. The molecule has 2 fully saturated rings. The summed E-state index contributed by atoms with van der Waals surface area (Å²) in [5, 5.41) is 0. The number of benzene rings is 1. The Morgan fingerprint density at radius 1 is 1.19 bits per heavy atom. The topological polar surface area (TPSA) is 82.1 Å². The van der Waals surface area contributed by atoms with E-state index in [-0.39, 0.29) is 22.9 Å². The number of hydrogen-bond donors (Lipinski definition) is 0. The normalized spacial score (nSPS) is 21.9. The Labute approximate surface area is 160 Å². The van der Waals surface area contributed by atoms with Gasteiger partial charge >= 0.3 is 5.97 Å². The van der Waals surface area contributed by atoms with Crippen LogP contribution in [0.25, 0.3) is 0 Å². The summed E-state index contributed by atoms with van der Waals surface area (Å²) in [5.41, 5.74) is 0. The Bertz CT molecular complexity index is 719. The van der Waals surface area contributed by atoms with Crippen molar-refractivity contribution in [3.63, 3.8) is 0 Å². The number of hydrogen-bond acceptors (Lipinski definition) is 6. The van der Waals surface area contributed by atoms with Gasteiger partial charge in [0, 0.05) is 19.7 Å². The molecule has 2 aliphatic heterocycles. The molecule has 0 radical (unpaired) electrons. The van der Waals surface area contributed by atoms with Gasteiger partial charge in [-0.1, -0.05) is 0 Å². The summed E-state index contributed by atoms with van der Waals surface area (Å²) in [4.78, 5) is 12.5. The molecular formula is C19H27NO6S. The second-order valence-electron chi connectivity index (χ2n) is 6.85. The van der Waals surface area contributed by atoms with E-state index in [1.54, 1.807) is 24.3 Å². The van der Waals surface area contributed by atoms with E-state index in [0.717, 1.165) is 19.4 Å². The van der Waals surface area contributed by atoms with Crippen LogP contribution >= 0.6 is 0 Å². The molecule has 0 saturated carbocycles. The van der Waals surface area contributed by atoms with Crippen LogP contribution in [0.1, 0.15) is 32.6 Å². The van der Waals surface area contributed by atoms with Crippen molar-refractivity contribution in [1.29, 1.82) is 0 Å². The van der Waals surface area contributed by atoms with Crippen molar-refractivity contribution in [1.82, 2.24) is 4.31 Å². The highest BCUT2D eigenvalue weighted by molar-refractivity contribution is 7.89. The fourth-order valence-electron chi connectivity index (χ4n) is 3.42. The Kier molecular flexibility index (Phi) is 6.73. The summed E-state index contributed by atoms with van der Waals surface area (Å²) in [7, 11) is -3.56. The summed E-state index contributed by atoms with van der Waals surface area (Å²) in [6.07, 6.45) is 2.88. The standard InChI is InChI=1S/C19H27NO6S/c1-2-24-16-5-7-18(8-6-16)27(22,23)20-11-9-15(10-12-20)19(21)26-14-17-4-3-13-25-17/h5-8,15,17H,2-4,9-14H2,1H3. The molecule has 1 unspecified atom stereocenters. The van der Waals surface area contributed by atoms with E-state index in [4.69, 9.17) is 14.2 Å². The zero-order valence-corrected chi connectivity index (χ0v) is 16.4. The van der Waals surface area contributed by atoms with Gasteiger partial charge in [-0.05, 0) is 56.9 Å². The van der Waals surface area contributed by atoms with Gasteiger partial charge in [0.15, 0.2) is 0 Å². The third-order valence-corrected chi connectivity index (χ3v) is 6.91. The molecular weight excluding hydrogens is 370 g/mol. The lowest BCUT2D eigenvalue weighted by atomic mass is 9.98. The van der Waals surface area contributed by atoms with Crippen LogP contribution in [0.15, 0.2) is 29.2 Å². The molecule has 8 heteroatoms. The fourth-order valence-corrected chi connectivity index (χ4v) is 4.89. The zero-order valence-electron chi connectivity index (χ0n) is 15.6. The van der Waals surface area contributed by atoms with Crippen molar-refractivity contribution < 1.29 is 27.4 Å². The van der Waals surface area contributed by atoms with Gasteiger partial charge in [0.25, 0.3) is 0 Å². The molecule has 2 aliphatic rings. The van der Waals surface area contributed by atoms with E-state index in [1.807, 2.05) is 6.92 Å². The average molecular weight is 397 g/mol. The van der Waals surface area contributed by atoms with Gasteiger partial charge in [0.05, 0.1) is 23.5 Å². The van der Waals surface area contributed by atoms with E-state index in [0.29, 0.717) is 44.9 Å². The van der Waals surface area contributed by atoms with Crippen molar-refractivity contribution in [2.75, 3.05) is 32.9 Å². The molecule has 2 saturated heterocycles. The van der Waals surface area contributed by atoms with E-state index < -0.39 is 10.0 Å². The molecule has 27 heavy (non-hydrogen) atoms. The number of carbonyl (C=O) groups excluding carboxylic acids is 1. The van der Waals surface area contributed by atoms with E-state index in [2.05, 4.69) is 0 Å². The number of sulfonamides is 1. The van der Waals surface area contributed by atoms with E-state index >= 15 is 0 Å². The van der Waals surface area contributed by atoms with Crippen LogP contribution in [0.2, 0.25) is 0 Å². The minimum absolute atomic E-state index is 0.00840. The molecule has 0 N–H and O–H groups in total. The minimum Gasteiger partial charge on any atom is -0.494 e. The number of rotatable bonds is 7. The molecule has 1 atom stereocenters. The molecule has 2 heterocycles. The lowest BCUT2D eigenvalue weighted by Gasteiger charge is -2.30. The largest absolute Gasteiger partial charge is 0.494 e. The SMILES string of the molecule is CCOc1ccc(S(=O)(=O)N2CCC(C(=O)OCC3CCCO3)CC2)cc1. The third-order valence-electron chi connectivity index (χ3n) is 5.00. The molecule has 0 aromatic heterocycles. The monoisotopic (exact) mass is 397 g/mol. The third kappa shape index (κ3) is 5.00. The molecule has 0 spiro atoms. The number of esters is 1. The Hall–Kier alpha value is -1.64. The predicted molar refractivity (Wildman–Crippen MR) is 99.0 cm³/mol. The maximum atomic E-state index is 12.8. The van der Waals surface area contributed by atoms with Crippen LogP contribution in [0.3, 0.4) is 0 Å². The summed E-state index contributed by atoms with van der Waals surface area (Å²) >= 11 is 0. The summed E-state index contributed by atoms with van der Waals surface area (Å²) < 4.78 is 43.2. The zero-order chi connectivity index (χ0) is 19.3. The highest BCUT2D eigenvalue weighted by Gasteiger charge is 2.33. The van der Waals surface area contributed by atoms with Crippen LogP contribution < -0.4 is 4.74 Å². The average Bonchev–Trinajstić information content (AvgIpc) is 3.20. The van der Waals surface area contributed by atoms with Gasteiger partial charge < -0.3 is 14.2 Å². The van der Waals surface area contributed by atoms with Crippen molar-refractivity contribution in [2.24, 2.45) is 5.92 Å². The van der Waals surface area contributed by atoms with Crippen molar-refractivity contribution in [2.45, 2.75) is 43.6 Å². The van der Waals surface area contributed by atoms with Gasteiger partial charge in [-0.25, -0.2) is 8.42 Å². The second kappa shape index (κ2) is 9.03. The van der Waals surface area contributed by atoms with Gasteiger partial charge in [0.1, 0.15) is 12.4 Å². The van der Waals surface area contributed by atoms with E-state index in [9.17, 15) is 13.2 Å². The van der Waals surface area contributed by atoms with Crippen molar-refractivity contribution >= 4 is 16.0 Å². The maximum absolute atomic E-state index is 12.8. The van der Waals surface area contributed by atoms with Gasteiger partial charge in [-0.2, -0.15) is 4.31 Å². The first-order valence-electron chi connectivity index (χ1n) is 9.52. The minimum atomic E-state index is -3.56. The van der Waals surface area contributed by atoms with Crippen LogP contribution in [0, 0.1) is 5.92 Å². The number of nitrogens with zero attached hydrogens (tertiary/aromatic N) is 1. The first-order valence-corrected chi connectivity index (χ1v) is 11.0. The van der Waals surface area contributed by atoms with Gasteiger partial charge in [0.2, 0.25) is 10.0 Å². The first kappa shape index (κ1) is 20.1. The van der Waals surface area contributed by atoms with Crippen molar-refractivity contribution in [3.8, 4) is 5.75 Å². The molecule has 1 aromatic carbocycles. The summed E-state index contributed by atoms with van der Waals surface area (Å²) in [5.74, 6) is 0.144. The Morgan fingerprint density at radius 3 is 2.48 bits per heavy atom. The highest BCUT2D eigenvalue weighted by Crippen LogP contribution is 2.26. The Balaban J connectivity index is 1.51. The number of ether oxygens (including phenoxy) is 3. The molecule has 0 aliphatic carbocycles. The number of piperidine rings is 1. The number of carbonyl (C=O) groups is 1. The lowest BCUT2D eigenvalue weighted by Crippen LogP contribution is -2.40. The quantitative estimate of drug-likeness (QED) is 0.656. The summed E-state index contributed by atoms with van der Waals surface area (Å²) in [6.45, 7) is 4.06. The molecule has 150 valence electrons. The van der Waals surface area contributed by atoms with Gasteiger partial charge in [-0.15, -0.1) is 0 Å². The van der Waals surface area contributed by atoms with Crippen LogP contribution in [-0.4, -0.2) is 57.7 Å². The predicted octanol–water partition coefficient (Wildman–Crippen LogP) is 2.21. The lowest BCUT2D eigenvalue weighted by molar-refractivity contribution is -0.153. The van der Waals surface area contributed by atoms with Crippen LogP contribution in [0.5, 0.6) is 5.75 Å². The first-order chi connectivity index (χ1) is 13.0. The molecule has 3 rings (SSSR count). The molecule has 1 aromatic rings. The van der Waals surface area contributed by atoms with Crippen LogP contribution in [-0.2, 0) is 24.3 Å². The highest BCUT2D eigenvalue weighted by atomic mass is 32.2. The molecule has 0 bridgehead atoms. The second-order valence-corrected chi connectivity index (χ2v) is 8.79. The fraction of sp³-hybridized carbons (Fsp3) is 0.632.